The minimum atomic E-state index is -0.590. The van der Waals surface area contributed by atoms with E-state index in [1.165, 1.54) is 12.1 Å². The Hall–Kier alpha value is -2.21. The lowest BCUT2D eigenvalue weighted by Crippen LogP contribution is -2.21. The molecule has 0 amide bonds. The Morgan fingerprint density at radius 3 is 2.76 bits per heavy atom. The second-order valence-corrected chi connectivity index (χ2v) is 5.30. The molecule has 0 aliphatic carbocycles. The summed E-state index contributed by atoms with van der Waals surface area (Å²) in [6, 6.07) is 6.02. The molecule has 1 heterocycles. The number of nitrogens with one attached hydrogen (secondary N) is 1. The summed E-state index contributed by atoms with van der Waals surface area (Å²) in [5, 5.41) is 14.0. The molecule has 1 N–H and O–H groups in total. The van der Waals surface area contributed by atoms with Gasteiger partial charge in [-0.2, -0.15) is 0 Å². The van der Waals surface area contributed by atoms with Crippen LogP contribution in [0.25, 0.3) is 0 Å². The number of hydrogen-bond acceptors (Lipinski definition) is 3. The second-order valence-electron chi connectivity index (χ2n) is 5.30. The van der Waals surface area contributed by atoms with E-state index in [2.05, 4.69) is 19.2 Å². The molecule has 21 heavy (non-hydrogen) atoms. The molecule has 0 aliphatic heterocycles. The monoisotopic (exact) mass is 291 g/mol. The third-order valence-electron chi connectivity index (χ3n) is 3.04. The summed E-state index contributed by atoms with van der Waals surface area (Å²) >= 11 is 0. The van der Waals surface area contributed by atoms with E-state index in [4.69, 9.17) is 0 Å². The molecule has 0 fully saturated rings. The zero-order valence-corrected chi connectivity index (χ0v) is 12.0. The molecule has 2 aromatic rings. The van der Waals surface area contributed by atoms with Gasteiger partial charge in [-0.3, -0.25) is 10.1 Å². The molecule has 1 aromatic carbocycles. The van der Waals surface area contributed by atoms with E-state index >= 15 is 0 Å². The van der Waals surface area contributed by atoms with Gasteiger partial charge < -0.3 is 9.88 Å². The number of halogens is 1. The van der Waals surface area contributed by atoms with Crippen LogP contribution in [0.3, 0.4) is 0 Å². The first-order chi connectivity index (χ1) is 9.94. The predicted octanol–water partition coefficient (Wildman–Crippen LogP) is 3.08. The minimum Gasteiger partial charge on any atom is -0.350 e. The van der Waals surface area contributed by atoms with Gasteiger partial charge in [0, 0.05) is 37.6 Å². The molecule has 5 nitrogen and oxygen atoms in total. The maximum Gasteiger partial charge on any atom is 0.272 e. The number of benzene rings is 1. The molecular formula is C15H18FN3O2. The SMILES string of the molecule is CC(C)NCc1ccn(Cc2cc(F)cc([N+](=O)[O-])c2)c1. The van der Waals surface area contributed by atoms with Gasteiger partial charge in [-0.25, -0.2) is 4.39 Å². The van der Waals surface area contributed by atoms with Crippen LogP contribution in [0.15, 0.2) is 36.7 Å². The lowest BCUT2D eigenvalue weighted by Gasteiger charge is -2.06. The Kier molecular flexibility index (Phi) is 4.70. The summed E-state index contributed by atoms with van der Waals surface area (Å²) in [7, 11) is 0. The molecule has 0 saturated carbocycles. The molecule has 0 atom stereocenters. The fourth-order valence-corrected chi connectivity index (χ4v) is 2.06. The molecule has 0 bridgehead atoms. The summed E-state index contributed by atoms with van der Waals surface area (Å²) < 4.78 is 15.3. The van der Waals surface area contributed by atoms with E-state index in [1.807, 2.05) is 23.0 Å². The van der Waals surface area contributed by atoms with E-state index in [-0.39, 0.29) is 5.69 Å². The van der Waals surface area contributed by atoms with Gasteiger partial charge in [0.25, 0.3) is 5.69 Å². The van der Waals surface area contributed by atoms with Gasteiger partial charge in [0.1, 0.15) is 5.82 Å². The molecule has 2 rings (SSSR count). The predicted molar refractivity (Wildman–Crippen MR) is 78.6 cm³/mol. The Morgan fingerprint density at radius 2 is 2.10 bits per heavy atom. The van der Waals surface area contributed by atoms with Crippen LogP contribution in [0.2, 0.25) is 0 Å². The van der Waals surface area contributed by atoms with Crippen LogP contribution in [-0.2, 0) is 13.1 Å². The van der Waals surface area contributed by atoms with Gasteiger partial charge >= 0.3 is 0 Å². The molecule has 0 spiro atoms. The van der Waals surface area contributed by atoms with Crippen molar-refractivity contribution in [2.75, 3.05) is 0 Å². The van der Waals surface area contributed by atoms with Crippen molar-refractivity contribution < 1.29 is 9.31 Å². The van der Waals surface area contributed by atoms with Crippen molar-refractivity contribution in [3.8, 4) is 0 Å². The quantitative estimate of drug-likeness (QED) is 0.657. The van der Waals surface area contributed by atoms with Crippen molar-refractivity contribution in [1.29, 1.82) is 0 Å². The van der Waals surface area contributed by atoms with Crippen molar-refractivity contribution in [1.82, 2.24) is 9.88 Å². The van der Waals surface area contributed by atoms with Crippen molar-refractivity contribution in [2.45, 2.75) is 33.0 Å². The number of aromatic nitrogens is 1. The highest BCUT2D eigenvalue weighted by Gasteiger charge is 2.10. The number of nitrogens with zero attached hydrogens (tertiary/aromatic N) is 2. The van der Waals surface area contributed by atoms with Gasteiger partial charge in [-0.15, -0.1) is 0 Å². The lowest BCUT2D eigenvalue weighted by molar-refractivity contribution is -0.385. The van der Waals surface area contributed by atoms with Crippen LogP contribution in [0.1, 0.15) is 25.0 Å². The summed E-state index contributed by atoms with van der Waals surface area (Å²) in [5.41, 5.74) is 1.47. The highest BCUT2D eigenvalue weighted by atomic mass is 19.1. The van der Waals surface area contributed by atoms with Crippen LogP contribution in [-0.4, -0.2) is 15.5 Å². The maximum absolute atomic E-state index is 13.4. The second kappa shape index (κ2) is 6.49. The number of nitro benzene ring substituents is 1. The molecule has 0 saturated heterocycles. The van der Waals surface area contributed by atoms with Gasteiger partial charge in [0.15, 0.2) is 0 Å². The standard InChI is InChI=1S/C15H18FN3O2/c1-11(2)17-8-12-3-4-18(9-12)10-13-5-14(16)7-15(6-13)19(20)21/h3-7,9,11,17H,8,10H2,1-2H3. The van der Waals surface area contributed by atoms with E-state index in [9.17, 15) is 14.5 Å². The first kappa shape index (κ1) is 15.2. The van der Waals surface area contributed by atoms with Crippen LogP contribution < -0.4 is 5.32 Å². The Bertz CT molecular complexity index is 638. The average molecular weight is 291 g/mol. The van der Waals surface area contributed by atoms with Crippen LogP contribution in [0.4, 0.5) is 10.1 Å². The topological polar surface area (TPSA) is 60.1 Å². The van der Waals surface area contributed by atoms with Crippen LogP contribution in [0, 0.1) is 15.9 Å². The smallest absolute Gasteiger partial charge is 0.272 e. The van der Waals surface area contributed by atoms with Gasteiger partial charge in [-0.1, -0.05) is 13.8 Å². The number of hydrogen-bond donors (Lipinski definition) is 1. The molecule has 0 unspecified atom stereocenters. The highest BCUT2D eigenvalue weighted by molar-refractivity contribution is 5.35. The fourth-order valence-electron chi connectivity index (χ4n) is 2.06. The molecule has 112 valence electrons. The zero-order chi connectivity index (χ0) is 15.4. The third kappa shape index (κ3) is 4.39. The first-order valence-electron chi connectivity index (χ1n) is 6.76. The lowest BCUT2D eigenvalue weighted by atomic mass is 10.2. The summed E-state index contributed by atoms with van der Waals surface area (Å²) in [6.45, 7) is 5.31. The van der Waals surface area contributed by atoms with Gasteiger partial charge in [-0.05, 0) is 23.3 Å². The molecule has 6 heteroatoms. The summed E-state index contributed by atoms with van der Waals surface area (Å²) in [5.74, 6) is -0.590. The highest BCUT2D eigenvalue weighted by Crippen LogP contribution is 2.17. The maximum atomic E-state index is 13.4. The van der Waals surface area contributed by atoms with Crippen molar-refractivity contribution >= 4 is 5.69 Å². The van der Waals surface area contributed by atoms with E-state index in [0.29, 0.717) is 18.2 Å². The molecule has 0 aliphatic rings. The molecule has 0 radical (unpaired) electrons. The van der Waals surface area contributed by atoms with Crippen molar-refractivity contribution in [3.05, 3.63) is 63.7 Å². The minimum absolute atomic E-state index is 0.223. The summed E-state index contributed by atoms with van der Waals surface area (Å²) in [4.78, 5) is 10.2. The zero-order valence-electron chi connectivity index (χ0n) is 12.0. The van der Waals surface area contributed by atoms with Crippen LogP contribution in [0.5, 0.6) is 0 Å². The summed E-state index contributed by atoms with van der Waals surface area (Å²) in [6.07, 6.45) is 3.83. The van der Waals surface area contributed by atoms with E-state index in [0.717, 1.165) is 18.2 Å². The number of non-ortho nitro benzene ring substituents is 1. The average Bonchev–Trinajstić information content (AvgIpc) is 2.83. The third-order valence-corrected chi connectivity index (χ3v) is 3.04. The number of rotatable bonds is 6. The van der Waals surface area contributed by atoms with Gasteiger partial charge in [0.05, 0.1) is 11.0 Å². The Morgan fingerprint density at radius 1 is 1.33 bits per heavy atom. The van der Waals surface area contributed by atoms with E-state index < -0.39 is 10.7 Å². The normalized spacial score (nSPS) is 11.0. The fraction of sp³-hybridized carbons (Fsp3) is 0.333. The molecule has 1 aromatic heterocycles. The Labute approximate surface area is 122 Å². The Balaban J connectivity index is 2.09. The van der Waals surface area contributed by atoms with Crippen molar-refractivity contribution in [3.63, 3.8) is 0 Å². The van der Waals surface area contributed by atoms with Crippen molar-refractivity contribution in [2.24, 2.45) is 0 Å². The van der Waals surface area contributed by atoms with E-state index in [1.54, 1.807) is 0 Å². The molecular weight excluding hydrogens is 273 g/mol. The number of nitro groups is 1. The first-order valence-corrected chi connectivity index (χ1v) is 6.76. The largest absolute Gasteiger partial charge is 0.350 e. The van der Waals surface area contributed by atoms with Crippen LogP contribution >= 0.6 is 0 Å². The van der Waals surface area contributed by atoms with Gasteiger partial charge in [0.2, 0.25) is 0 Å².